The van der Waals surface area contributed by atoms with E-state index in [1.807, 2.05) is 0 Å². The lowest BCUT2D eigenvalue weighted by atomic mass is 10.3. The molecule has 0 amide bonds. The number of alkyl halides is 3. The van der Waals surface area contributed by atoms with Gasteiger partial charge in [0.05, 0.1) is 6.26 Å². The molecule has 0 saturated heterocycles. The first-order valence-electron chi connectivity index (χ1n) is 3.86. The first-order chi connectivity index (χ1) is 7.08. The molecule has 1 aromatic rings. The molecule has 16 heavy (non-hydrogen) atoms. The molecule has 0 atom stereocenters. The predicted octanol–water partition coefficient (Wildman–Crippen LogP) is 1.49. The summed E-state index contributed by atoms with van der Waals surface area (Å²) in [5.74, 6) is -0.194. The number of benzene rings is 1. The Bertz CT molecular complexity index is 394. The molecule has 0 radical (unpaired) electrons. The monoisotopic (exact) mass is 257 g/mol. The van der Waals surface area contributed by atoms with E-state index in [9.17, 15) is 21.6 Å². The predicted molar refractivity (Wildman–Crippen MR) is 52.2 cm³/mol. The molecule has 0 fully saturated rings. The zero-order valence-corrected chi connectivity index (χ0v) is 9.05. The first kappa shape index (κ1) is 14.7. The van der Waals surface area contributed by atoms with Crippen molar-refractivity contribution in [2.75, 3.05) is 6.26 Å². The molecule has 0 aliphatic rings. The lowest BCUT2D eigenvalue weighted by Crippen LogP contribution is -2.16. The minimum absolute atomic E-state index is 0.194. The normalized spacial score (nSPS) is 11.3. The molecule has 0 aliphatic heterocycles. The van der Waals surface area contributed by atoms with Crippen LogP contribution in [0.15, 0.2) is 30.3 Å². The van der Waals surface area contributed by atoms with Crippen LogP contribution in [0.25, 0.3) is 0 Å². The number of hydrogen-bond donors (Lipinski definition) is 1. The van der Waals surface area contributed by atoms with Gasteiger partial charge in [-0.1, -0.05) is 18.2 Å². The molecule has 0 spiro atoms. The lowest BCUT2D eigenvalue weighted by Gasteiger charge is -2.07. The Morgan fingerprint density at radius 1 is 1.19 bits per heavy atom. The van der Waals surface area contributed by atoms with E-state index in [1.165, 1.54) is 24.3 Å². The van der Waals surface area contributed by atoms with Gasteiger partial charge in [-0.05, 0) is 12.1 Å². The molecule has 2 N–H and O–H groups in total. The average Bonchev–Trinajstić information content (AvgIpc) is 1.99. The highest BCUT2D eigenvalue weighted by atomic mass is 32.2. The van der Waals surface area contributed by atoms with Crippen molar-refractivity contribution < 1.29 is 26.3 Å². The molecule has 92 valence electrons. The van der Waals surface area contributed by atoms with Gasteiger partial charge in [0, 0.05) is 0 Å². The van der Waals surface area contributed by atoms with Crippen molar-refractivity contribution >= 4 is 10.0 Å². The van der Waals surface area contributed by atoms with E-state index < -0.39 is 16.4 Å². The Labute approximate surface area is 90.9 Å². The van der Waals surface area contributed by atoms with Crippen molar-refractivity contribution in [1.29, 1.82) is 0 Å². The second-order valence-electron chi connectivity index (χ2n) is 2.69. The van der Waals surface area contributed by atoms with Gasteiger partial charge in [0.1, 0.15) is 5.75 Å². The van der Waals surface area contributed by atoms with Gasteiger partial charge >= 0.3 is 6.36 Å². The third-order valence-corrected chi connectivity index (χ3v) is 0.977. The summed E-state index contributed by atoms with van der Waals surface area (Å²) in [7, 11) is -3.17. The van der Waals surface area contributed by atoms with Crippen LogP contribution in [0.3, 0.4) is 0 Å². The summed E-state index contributed by atoms with van der Waals surface area (Å²) in [6.45, 7) is 0. The highest BCUT2D eigenvalue weighted by Crippen LogP contribution is 2.21. The molecule has 0 bridgehead atoms. The number of sulfonamides is 1. The van der Waals surface area contributed by atoms with Crippen molar-refractivity contribution in [2.24, 2.45) is 5.14 Å². The summed E-state index contributed by atoms with van der Waals surface area (Å²) in [6, 6.07) is 7.05. The minimum atomic E-state index is -4.60. The fraction of sp³-hybridized carbons (Fsp3) is 0.250. The highest BCUT2D eigenvalue weighted by molar-refractivity contribution is 7.88. The third-order valence-electron chi connectivity index (χ3n) is 0.977. The van der Waals surface area contributed by atoms with Crippen LogP contribution in [-0.4, -0.2) is 21.0 Å². The Hall–Kier alpha value is -1.28. The number of ether oxygens (including phenoxy) is 1. The van der Waals surface area contributed by atoms with Gasteiger partial charge < -0.3 is 4.74 Å². The highest BCUT2D eigenvalue weighted by Gasteiger charge is 2.30. The Kier molecular flexibility index (Phi) is 5.25. The SMILES string of the molecule is CS(N)(=O)=O.FC(F)(F)Oc1ccccc1. The molecular formula is C8H10F3NO3S. The van der Waals surface area contributed by atoms with Gasteiger partial charge in [-0.3, -0.25) is 0 Å². The maximum absolute atomic E-state index is 11.5. The van der Waals surface area contributed by atoms with Crippen molar-refractivity contribution in [1.82, 2.24) is 0 Å². The minimum Gasteiger partial charge on any atom is -0.406 e. The van der Waals surface area contributed by atoms with E-state index in [0.717, 1.165) is 6.26 Å². The van der Waals surface area contributed by atoms with Gasteiger partial charge in [0.15, 0.2) is 0 Å². The average molecular weight is 257 g/mol. The quantitative estimate of drug-likeness (QED) is 0.828. The van der Waals surface area contributed by atoms with Gasteiger partial charge in [0.25, 0.3) is 0 Å². The molecule has 1 rings (SSSR count). The van der Waals surface area contributed by atoms with Crippen molar-refractivity contribution in [2.45, 2.75) is 6.36 Å². The van der Waals surface area contributed by atoms with Crippen LogP contribution in [0.1, 0.15) is 0 Å². The molecule has 0 saturated carbocycles. The van der Waals surface area contributed by atoms with Crippen molar-refractivity contribution in [3.8, 4) is 5.75 Å². The number of nitrogens with two attached hydrogens (primary N) is 1. The molecule has 0 unspecified atom stereocenters. The van der Waals surface area contributed by atoms with Crippen molar-refractivity contribution in [3.63, 3.8) is 0 Å². The first-order valence-corrected chi connectivity index (χ1v) is 5.82. The topological polar surface area (TPSA) is 69.4 Å². The number of primary sulfonamides is 1. The van der Waals surface area contributed by atoms with E-state index >= 15 is 0 Å². The molecule has 4 nitrogen and oxygen atoms in total. The molecule has 0 heterocycles. The van der Waals surface area contributed by atoms with Crippen LogP contribution >= 0.6 is 0 Å². The second kappa shape index (κ2) is 5.71. The number of rotatable bonds is 1. The molecule has 1 aromatic carbocycles. The van der Waals surface area contributed by atoms with Crippen LogP contribution in [0.4, 0.5) is 13.2 Å². The maximum Gasteiger partial charge on any atom is 0.573 e. The van der Waals surface area contributed by atoms with Crippen molar-refractivity contribution in [3.05, 3.63) is 30.3 Å². The summed E-state index contributed by atoms with van der Waals surface area (Å²) >= 11 is 0. The van der Waals surface area contributed by atoms with E-state index in [2.05, 4.69) is 9.88 Å². The molecule has 0 aliphatic carbocycles. The third kappa shape index (κ3) is 12.7. The van der Waals surface area contributed by atoms with Gasteiger partial charge in [-0.25, -0.2) is 13.6 Å². The molecule has 0 aromatic heterocycles. The van der Waals surface area contributed by atoms with Crippen LogP contribution in [0, 0.1) is 0 Å². The fourth-order valence-corrected chi connectivity index (χ4v) is 0.622. The Morgan fingerprint density at radius 3 is 1.88 bits per heavy atom. The van der Waals surface area contributed by atoms with E-state index in [-0.39, 0.29) is 5.75 Å². The van der Waals surface area contributed by atoms with Crippen LogP contribution in [0.5, 0.6) is 5.75 Å². The van der Waals surface area contributed by atoms with E-state index in [0.29, 0.717) is 0 Å². The van der Waals surface area contributed by atoms with Crippen LogP contribution in [-0.2, 0) is 10.0 Å². The lowest BCUT2D eigenvalue weighted by molar-refractivity contribution is -0.274. The van der Waals surface area contributed by atoms with Crippen LogP contribution < -0.4 is 9.88 Å². The number of halogens is 3. The maximum atomic E-state index is 11.5. The second-order valence-corrected chi connectivity index (χ2v) is 4.35. The summed E-state index contributed by atoms with van der Waals surface area (Å²) in [4.78, 5) is 0. The standard InChI is InChI=1S/C7H5F3O.CH5NO2S/c8-7(9,10)11-6-4-2-1-3-5-6;1-5(2,3)4/h1-5H;1H3,(H2,2,3,4). The summed E-state index contributed by atoms with van der Waals surface area (Å²) < 4.78 is 57.0. The zero-order chi connectivity index (χ0) is 12.8. The molecule has 8 heteroatoms. The summed E-state index contributed by atoms with van der Waals surface area (Å²) in [5, 5.41) is 4.33. The number of para-hydroxylation sites is 1. The fourth-order valence-electron chi connectivity index (χ4n) is 0.622. The van der Waals surface area contributed by atoms with Crippen LogP contribution in [0.2, 0.25) is 0 Å². The molecular weight excluding hydrogens is 247 g/mol. The summed E-state index contributed by atoms with van der Waals surface area (Å²) in [5.41, 5.74) is 0. The van der Waals surface area contributed by atoms with Gasteiger partial charge in [0.2, 0.25) is 10.0 Å². The summed E-state index contributed by atoms with van der Waals surface area (Å²) in [6.07, 6.45) is -3.66. The Balaban J connectivity index is 0.000000385. The largest absolute Gasteiger partial charge is 0.573 e. The van der Waals surface area contributed by atoms with Gasteiger partial charge in [-0.15, -0.1) is 13.2 Å². The smallest absolute Gasteiger partial charge is 0.406 e. The Morgan fingerprint density at radius 2 is 1.56 bits per heavy atom. The number of hydrogen-bond acceptors (Lipinski definition) is 3. The zero-order valence-electron chi connectivity index (χ0n) is 8.23. The van der Waals surface area contributed by atoms with E-state index in [4.69, 9.17) is 0 Å². The van der Waals surface area contributed by atoms with Gasteiger partial charge in [-0.2, -0.15) is 0 Å². The van der Waals surface area contributed by atoms with E-state index in [1.54, 1.807) is 6.07 Å².